The molecular formula is C12H18BrNS. The summed E-state index contributed by atoms with van der Waals surface area (Å²) in [5.74, 6) is 0. The molecule has 2 unspecified atom stereocenters. The van der Waals surface area contributed by atoms with Crippen LogP contribution < -0.4 is 5.32 Å². The van der Waals surface area contributed by atoms with Crippen LogP contribution in [-0.2, 0) is 6.42 Å². The van der Waals surface area contributed by atoms with E-state index in [9.17, 15) is 0 Å². The minimum atomic E-state index is 0.512. The van der Waals surface area contributed by atoms with Gasteiger partial charge in [0.05, 0.1) is 3.79 Å². The van der Waals surface area contributed by atoms with Gasteiger partial charge in [-0.05, 0) is 66.2 Å². The fourth-order valence-corrected chi connectivity index (χ4v) is 4.30. The van der Waals surface area contributed by atoms with Gasteiger partial charge in [-0.25, -0.2) is 0 Å². The summed E-state index contributed by atoms with van der Waals surface area (Å²) in [4.78, 5) is 1.51. The van der Waals surface area contributed by atoms with Crippen molar-refractivity contribution in [2.45, 2.75) is 38.6 Å². The van der Waals surface area contributed by atoms with Crippen LogP contribution >= 0.6 is 27.3 Å². The molecule has 0 aliphatic heterocycles. The minimum absolute atomic E-state index is 0.512. The Kier molecular flexibility index (Phi) is 3.53. The Morgan fingerprint density at radius 3 is 2.93 bits per heavy atom. The zero-order valence-electron chi connectivity index (χ0n) is 9.35. The predicted octanol–water partition coefficient (Wildman–Crippen LogP) is 3.83. The first-order valence-corrected chi connectivity index (χ1v) is 7.14. The summed E-state index contributed by atoms with van der Waals surface area (Å²) < 4.78 is 1.25. The first-order chi connectivity index (χ1) is 7.11. The first-order valence-electron chi connectivity index (χ1n) is 5.53. The number of hydrogen-bond acceptors (Lipinski definition) is 2. The summed E-state index contributed by atoms with van der Waals surface area (Å²) in [7, 11) is 2.08. The molecule has 1 aromatic heterocycles. The van der Waals surface area contributed by atoms with E-state index < -0.39 is 0 Å². The Balaban J connectivity index is 2.00. The van der Waals surface area contributed by atoms with Crippen LogP contribution in [-0.4, -0.2) is 13.1 Å². The quantitative estimate of drug-likeness (QED) is 0.891. The van der Waals surface area contributed by atoms with Crippen LogP contribution in [0.2, 0.25) is 0 Å². The summed E-state index contributed by atoms with van der Waals surface area (Å²) in [5, 5.41) is 3.40. The van der Waals surface area contributed by atoms with Gasteiger partial charge >= 0.3 is 0 Å². The van der Waals surface area contributed by atoms with Gasteiger partial charge in [0.1, 0.15) is 0 Å². The average Bonchev–Trinajstić information content (AvgIpc) is 2.74. The minimum Gasteiger partial charge on any atom is -0.317 e. The van der Waals surface area contributed by atoms with Crippen molar-refractivity contribution in [3.8, 4) is 0 Å². The van der Waals surface area contributed by atoms with E-state index in [-0.39, 0.29) is 0 Å². The Labute approximate surface area is 104 Å². The highest BCUT2D eigenvalue weighted by molar-refractivity contribution is 9.11. The molecule has 1 aromatic rings. The third-order valence-corrected chi connectivity index (χ3v) is 5.10. The van der Waals surface area contributed by atoms with Crippen molar-refractivity contribution in [3.63, 3.8) is 0 Å². The summed E-state index contributed by atoms with van der Waals surface area (Å²) >= 11 is 5.41. The van der Waals surface area contributed by atoms with E-state index in [1.807, 2.05) is 11.3 Å². The molecular weight excluding hydrogens is 270 g/mol. The molecule has 2 atom stereocenters. The van der Waals surface area contributed by atoms with Crippen LogP contribution in [0.3, 0.4) is 0 Å². The van der Waals surface area contributed by atoms with Gasteiger partial charge in [0, 0.05) is 10.9 Å². The van der Waals surface area contributed by atoms with Gasteiger partial charge in [0.2, 0.25) is 0 Å². The molecule has 1 heterocycles. The van der Waals surface area contributed by atoms with E-state index in [2.05, 4.69) is 47.4 Å². The summed E-state index contributed by atoms with van der Waals surface area (Å²) in [6, 6.07) is 5.15. The molecule has 15 heavy (non-hydrogen) atoms. The van der Waals surface area contributed by atoms with E-state index in [4.69, 9.17) is 0 Å². The fourth-order valence-electron chi connectivity index (χ4n) is 2.60. The third kappa shape index (κ3) is 2.83. The second-order valence-electron chi connectivity index (χ2n) is 4.92. The largest absolute Gasteiger partial charge is 0.317 e. The molecule has 1 saturated carbocycles. The Bertz CT molecular complexity index is 336. The molecule has 84 valence electrons. The van der Waals surface area contributed by atoms with Crippen LogP contribution in [0.25, 0.3) is 0 Å². The van der Waals surface area contributed by atoms with Gasteiger partial charge in [0.25, 0.3) is 0 Å². The molecule has 1 aliphatic carbocycles. The van der Waals surface area contributed by atoms with Gasteiger partial charge in [-0.3, -0.25) is 0 Å². The highest BCUT2D eigenvalue weighted by atomic mass is 79.9. The zero-order chi connectivity index (χ0) is 10.9. The molecule has 0 amide bonds. The normalized spacial score (nSPS) is 31.0. The molecule has 0 spiro atoms. The van der Waals surface area contributed by atoms with Crippen molar-refractivity contribution in [3.05, 3.63) is 20.8 Å². The van der Waals surface area contributed by atoms with Crippen molar-refractivity contribution < 1.29 is 0 Å². The molecule has 1 nitrogen and oxygen atoms in total. The number of halogens is 1. The monoisotopic (exact) mass is 287 g/mol. The molecule has 0 aromatic carbocycles. The average molecular weight is 288 g/mol. The molecule has 0 bridgehead atoms. The zero-order valence-corrected chi connectivity index (χ0v) is 11.7. The SMILES string of the molecule is CNC1CCC(C)(Cc2ccc(Br)s2)C1. The van der Waals surface area contributed by atoms with E-state index in [0.717, 1.165) is 6.04 Å². The fraction of sp³-hybridized carbons (Fsp3) is 0.667. The van der Waals surface area contributed by atoms with Crippen molar-refractivity contribution in [1.82, 2.24) is 5.32 Å². The van der Waals surface area contributed by atoms with Crippen molar-refractivity contribution in [1.29, 1.82) is 0 Å². The highest BCUT2D eigenvalue weighted by Crippen LogP contribution is 2.41. The smallest absolute Gasteiger partial charge is 0.0701 e. The van der Waals surface area contributed by atoms with Crippen LogP contribution in [0.4, 0.5) is 0 Å². The lowest BCUT2D eigenvalue weighted by atomic mass is 9.84. The number of hydrogen-bond donors (Lipinski definition) is 1. The van der Waals surface area contributed by atoms with Gasteiger partial charge in [-0.15, -0.1) is 11.3 Å². The van der Waals surface area contributed by atoms with Crippen molar-refractivity contribution >= 4 is 27.3 Å². The summed E-state index contributed by atoms with van der Waals surface area (Å²) in [5.41, 5.74) is 0.512. The molecule has 1 fully saturated rings. The maximum absolute atomic E-state index is 3.53. The Hall–Kier alpha value is 0.140. The lowest BCUT2D eigenvalue weighted by molar-refractivity contribution is 0.327. The maximum Gasteiger partial charge on any atom is 0.0701 e. The van der Waals surface area contributed by atoms with Gasteiger partial charge in [-0.1, -0.05) is 6.92 Å². The van der Waals surface area contributed by atoms with Crippen LogP contribution in [0.1, 0.15) is 31.1 Å². The first kappa shape index (κ1) is 11.6. The maximum atomic E-state index is 3.53. The second kappa shape index (κ2) is 4.56. The van der Waals surface area contributed by atoms with E-state index in [0.29, 0.717) is 5.41 Å². The lowest BCUT2D eigenvalue weighted by Gasteiger charge is -2.23. The number of thiophene rings is 1. The number of nitrogens with one attached hydrogen (secondary N) is 1. The molecule has 1 N–H and O–H groups in total. The van der Waals surface area contributed by atoms with Crippen molar-refractivity contribution in [2.75, 3.05) is 7.05 Å². The van der Waals surface area contributed by atoms with Gasteiger partial charge < -0.3 is 5.32 Å². The molecule has 1 aliphatic rings. The van der Waals surface area contributed by atoms with E-state index >= 15 is 0 Å². The second-order valence-corrected chi connectivity index (χ2v) is 7.47. The summed E-state index contributed by atoms with van der Waals surface area (Å²) in [6.07, 6.45) is 5.24. The van der Waals surface area contributed by atoms with Crippen LogP contribution in [0, 0.1) is 5.41 Å². The lowest BCUT2D eigenvalue weighted by Crippen LogP contribution is -2.24. The van der Waals surface area contributed by atoms with Crippen molar-refractivity contribution in [2.24, 2.45) is 5.41 Å². The van der Waals surface area contributed by atoms with E-state index in [1.54, 1.807) is 0 Å². The Morgan fingerprint density at radius 1 is 1.60 bits per heavy atom. The molecule has 0 saturated heterocycles. The standard InChI is InChI=1S/C12H18BrNS/c1-12(6-5-9(7-12)14-2)8-10-3-4-11(13)15-10/h3-4,9,14H,5-8H2,1-2H3. The third-order valence-electron chi connectivity index (χ3n) is 3.47. The van der Waals surface area contributed by atoms with Crippen LogP contribution in [0.5, 0.6) is 0 Å². The Morgan fingerprint density at radius 2 is 2.40 bits per heavy atom. The van der Waals surface area contributed by atoms with Gasteiger partial charge in [-0.2, -0.15) is 0 Å². The van der Waals surface area contributed by atoms with Crippen LogP contribution in [0.15, 0.2) is 15.9 Å². The molecule has 2 rings (SSSR count). The topological polar surface area (TPSA) is 12.0 Å². The van der Waals surface area contributed by atoms with Gasteiger partial charge in [0.15, 0.2) is 0 Å². The summed E-state index contributed by atoms with van der Waals surface area (Å²) in [6.45, 7) is 2.43. The van der Waals surface area contributed by atoms with E-state index in [1.165, 1.54) is 34.3 Å². The number of rotatable bonds is 3. The highest BCUT2D eigenvalue weighted by Gasteiger charge is 2.34. The molecule has 0 radical (unpaired) electrons. The predicted molar refractivity (Wildman–Crippen MR) is 70.5 cm³/mol. The molecule has 3 heteroatoms.